The molecule has 2 rings (SSSR count). The third-order valence-electron chi connectivity index (χ3n) is 3.21. The van der Waals surface area contributed by atoms with E-state index in [-0.39, 0.29) is 5.41 Å². The van der Waals surface area contributed by atoms with Crippen molar-refractivity contribution < 1.29 is 0 Å². The van der Waals surface area contributed by atoms with E-state index in [0.717, 1.165) is 24.0 Å². The maximum Gasteiger partial charge on any atom is 0.205 e. The van der Waals surface area contributed by atoms with E-state index in [1.54, 1.807) is 0 Å². The van der Waals surface area contributed by atoms with E-state index in [0.29, 0.717) is 6.04 Å². The summed E-state index contributed by atoms with van der Waals surface area (Å²) in [5.74, 6) is 0.952. The molecule has 0 amide bonds. The summed E-state index contributed by atoms with van der Waals surface area (Å²) in [6, 6.07) is 0.560. The lowest BCUT2D eigenvalue weighted by Crippen LogP contribution is -2.44. The van der Waals surface area contributed by atoms with Gasteiger partial charge in [-0.3, -0.25) is 0 Å². The number of hydrogen-bond acceptors (Lipinski definition) is 5. The van der Waals surface area contributed by atoms with Crippen molar-refractivity contribution in [3.05, 3.63) is 5.82 Å². The van der Waals surface area contributed by atoms with Gasteiger partial charge in [0.1, 0.15) is 5.82 Å². The van der Waals surface area contributed by atoms with Crippen LogP contribution in [-0.2, 0) is 5.41 Å². The number of aromatic nitrogens is 2. The molecule has 1 unspecified atom stereocenters. The Hall–Kier alpha value is -0.680. The van der Waals surface area contributed by atoms with Crippen LogP contribution in [0.5, 0.6) is 0 Å². The van der Waals surface area contributed by atoms with Crippen molar-refractivity contribution in [3.8, 4) is 0 Å². The molecule has 5 heteroatoms. The summed E-state index contributed by atoms with van der Waals surface area (Å²) >= 11 is 1.52. The average molecular weight is 254 g/mol. The molecule has 4 nitrogen and oxygen atoms in total. The first-order chi connectivity index (χ1) is 7.98. The molecule has 0 spiro atoms. The van der Waals surface area contributed by atoms with E-state index in [1.165, 1.54) is 24.4 Å². The molecule has 0 aliphatic carbocycles. The molecule has 1 atom stereocenters. The second-order valence-electron chi connectivity index (χ2n) is 5.76. The summed E-state index contributed by atoms with van der Waals surface area (Å²) in [7, 11) is 2.13. The van der Waals surface area contributed by atoms with Gasteiger partial charge in [-0.05, 0) is 19.4 Å². The molecule has 1 aromatic heterocycles. The molecule has 0 aromatic carbocycles. The fourth-order valence-corrected chi connectivity index (χ4v) is 2.87. The average Bonchev–Trinajstić information content (AvgIpc) is 2.78. The maximum absolute atomic E-state index is 4.66. The highest BCUT2D eigenvalue weighted by Gasteiger charge is 2.24. The molecule has 96 valence electrons. The van der Waals surface area contributed by atoms with E-state index in [2.05, 4.69) is 47.4 Å². The molecule has 0 saturated carbocycles. The van der Waals surface area contributed by atoms with Crippen LogP contribution in [0.4, 0.5) is 5.13 Å². The second-order valence-corrected chi connectivity index (χ2v) is 6.49. The zero-order valence-corrected chi connectivity index (χ0v) is 12.0. The number of nitrogens with zero attached hydrogens (tertiary/aromatic N) is 3. The van der Waals surface area contributed by atoms with E-state index in [9.17, 15) is 0 Å². The van der Waals surface area contributed by atoms with Gasteiger partial charge in [-0.15, -0.1) is 0 Å². The van der Waals surface area contributed by atoms with E-state index >= 15 is 0 Å². The largest absolute Gasteiger partial charge is 0.346 e. The molecular weight excluding hydrogens is 232 g/mol. The zero-order valence-electron chi connectivity index (χ0n) is 11.2. The Bertz CT molecular complexity index is 363. The SMILES string of the molecule is CN(c1nc(C(C)(C)C)ns1)C1CCCNC1. The normalized spacial score (nSPS) is 21.5. The maximum atomic E-state index is 4.66. The van der Waals surface area contributed by atoms with Gasteiger partial charge in [0.2, 0.25) is 5.13 Å². The van der Waals surface area contributed by atoms with E-state index < -0.39 is 0 Å². The molecule has 1 aliphatic rings. The standard InChI is InChI=1S/C12H22N4S/c1-12(2,3)10-14-11(17-15-10)16(4)9-6-5-7-13-8-9/h9,13H,5-8H2,1-4H3. The van der Waals surface area contributed by atoms with Crippen molar-refractivity contribution in [1.29, 1.82) is 0 Å². The molecule has 1 aromatic rings. The Labute approximate surface area is 108 Å². The van der Waals surface area contributed by atoms with Crippen LogP contribution in [0.1, 0.15) is 39.4 Å². The monoisotopic (exact) mass is 254 g/mol. The van der Waals surface area contributed by atoms with E-state index in [4.69, 9.17) is 0 Å². The molecule has 2 heterocycles. The van der Waals surface area contributed by atoms with Crippen LogP contribution in [0.3, 0.4) is 0 Å². The number of anilines is 1. The highest BCUT2D eigenvalue weighted by Crippen LogP contribution is 2.26. The molecule has 1 aliphatic heterocycles. The summed E-state index contributed by atoms with van der Waals surface area (Å²) in [5.41, 5.74) is 0.0421. The van der Waals surface area contributed by atoms with Crippen molar-refractivity contribution in [2.24, 2.45) is 0 Å². The lowest BCUT2D eigenvalue weighted by Gasteiger charge is -2.31. The van der Waals surface area contributed by atoms with Crippen LogP contribution in [0.2, 0.25) is 0 Å². The van der Waals surface area contributed by atoms with Crippen LogP contribution in [0, 0.1) is 0 Å². The van der Waals surface area contributed by atoms with Gasteiger partial charge < -0.3 is 10.2 Å². The number of rotatable bonds is 2. The Morgan fingerprint density at radius 1 is 1.41 bits per heavy atom. The smallest absolute Gasteiger partial charge is 0.205 e. The lowest BCUT2D eigenvalue weighted by atomic mass is 9.96. The number of likely N-dealkylation sites (N-methyl/N-ethyl adjacent to an activating group) is 1. The Kier molecular flexibility index (Phi) is 3.68. The quantitative estimate of drug-likeness (QED) is 0.876. The Balaban J connectivity index is 2.08. The zero-order chi connectivity index (χ0) is 12.5. The predicted octanol–water partition coefficient (Wildman–Crippen LogP) is 2.02. The molecule has 17 heavy (non-hydrogen) atoms. The summed E-state index contributed by atoms with van der Waals surface area (Å²) < 4.78 is 4.47. The van der Waals surface area contributed by atoms with Crippen molar-refractivity contribution in [3.63, 3.8) is 0 Å². The van der Waals surface area contributed by atoms with E-state index in [1.807, 2.05) is 0 Å². The summed E-state index contributed by atoms with van der Waals surface area (Å²) in [4.78, 5) is 6.94. The first kappa shape index (κ1) is 12.8. The number of hydrogen-bond donors (Lipinski definition) is 1. The minimum Gasteiger partial charge on any atom is -0.346 e. The minimum atomic E-state index is 0.0421. The highest BCUT2D eigenvalue weighted by atomic mass is 32.1. The fourth-order valence-electron chi connectivity index (χ4n) is 1.98. The molecule has 1 N–H and O–H groups in total. The fraction of sp³-hybridized carbons (Fsp3) is 0.833. The van der Waals surface area contributed by atoms with Gasteiger partial charge in [-0.25, -0.2) is 4.98 Å². The summed E-state index contributed by atoms with van der Waals surface area (Å²) in [5, 5.41) is 4.48. The number of nitrogens with one attached hydrogen (secondary N) is 1. The summed E-state index contributed by atoms with van der Waals surface area (Å²) in [6.45, 7) is 8.66. The Morgan fingerprint density at radius 3 is 2.71 bits per heavy atom. The molecule has 0 bridgehead atoms. The van der Waals surface area contributed by atoms with Crippen LogP contribution < -0.4 is 10.2 Å². The number of piperidine rings is 1. The first-order valence-corrected chi connectivity index (χ1v) is 7.03. The summed E-state index contributed by atoms with van der Waals surface area (Å²) in [6.07, 6.45) is 2.49. The third kappa shape index (κ3) is 2.96. The van der Waals surface area contributed by atoms with Gasteiger partial charge in [-0.1, -0.05) is 20.8 Å². The molecule has 1 saturated heterocycles. The predicted molar refractivity (Wildman–Crippen MR) is 72.9 cm³/mol. The second kappa shape index (κ2) is 4.90. The van der Waals surface area contributed by atoms with Crippen molar-refractivity contribution in [2.75, 3.05) is 25.0 Å². The van der Waals surface area contributed by atoms with Crippen LogP contribution in [0.25, 0.3) is 0 Å². The van der Waals surface area contributed by atoms with Gasteiger partial charge in [0.25, 0.3) is 0 Å². The molecular formula is C12H22N4S. The van der Waals surface area contributed by atoms with Crippen LogP contribution >= 0.6 is 11.5 Å². The highest BCUT2D eigenvalue weighted by molar-refractivity contribution is 7.09. The topological polar surface area (TPSA) is 41.1 Å². The van der Waals surface area contributed by atoms with Crippen LogP contribution in [0.15, 0.2) is 0 Å². The lowest BCUT2D eigenvalue weighted by molar-refractivity contribution is 0.444. The third-order valence-corrected chi connectivity index (χ3v) is 4.01. The van der Waals surface area contributed by atoms with Gasteiger partial charge >= 0.3 is 0 Å². The van der Waals surface area contributed by atoms with Crippen LogP contribution in [-0.4, -0.2) is 35.5 Å². The van der Waals surface area contributed by atoms with Crippen molar-refractivity contribution in [2.45, 2.75) is 45.1 Å². The minimum absolute atomic E-state index is 0.0421. The van der Waals surface area contributed by atoms with Gasteiger partial charge in [0.15, 0.2) is 0 Å². The first-order valence-electron chi connectivity index (χ1n) is 6.26. The molecule has 0 radical (unpaired) electrons. The van der Waals surface area contributed by atoms with Gasteiger partial charge in [-0.2, -0.15) is 4.37 Å². The van der Waals surface area contributed by atoms with Gasteiger partial charge in [0, 0.05) is 36.6 Å². The van der Waals surface area contributed by atoms with Gasteiger partial charge in [0.05, 0.1) is 0 Å². The Morgan fingerprint density at radius 2 is 2.18 bits per heavy atom. The molecule has 1 fully saturated rings. The van der Waals surface area contributed by atoms with Crippen molar-refractivity contribution in [1.82, 2.24) is 14.7 Å². The van der Waals surface area contributed by atoms with Crippen molar-refractivity contribution >= 4 is 16.7 Å².